The molecule has 0 aliphatic heterocycles. The lowest BCUT2D eigenvalue weighted by atomic mass is 9.98. The van der Waals surface area contributed by atoms with Crippen molar-refractivity contribution < 1.29 is 9.90 Å². The van der Waals surface area contributed by atoms with Crippen LogP contribution in [0.2, 0.25) is 0 Å². The molecule has 0 saturated heterocycles. The van der Waals surface area contributed by atoms with E-state index in [2.05, 4.69) is 9.97 Å². The van der Waals surface area contributed by atoms with Crippen molar-refractivity contribution in [3.05, 3.63) is 71.8 Å². The van der Waals surface area contributed by atoms with Gasteiger partial charge in [-0.25, -0.2) is 14.8 Å². The quantitative estimate of drug-likeness (QED) is 0.790. The molecular weight excluding hydrogens is 252 g/mol. The van der Waals surface area contributed by atoms with Crippen LogP contribution in [0.4, 0.5) is 0 Å². The molecule has 3 aromatic rings. The first-order valence-corrected chi connectivity index (χ1v) is 6.24. The highest BCUT2D eigenvalue weighted by Gasteiger charge is 2.12. The van der Waals surface area contributed by atoms with Gasteiger partial charge in [0.2, 0.25) is 0 Å². The lowest BCUT2D eigenvalue weighted by Crippen LogP contribution is -2.07. The average Bonchev–Trinajstić information content (AvgIpc) is 2.48. The summed E-state index contributed by atoms with van der Waals surface area (Å²) >= 11 is 0. The number of carboxylic acids is 1. The van der Waals surface area contributed by atoms with Gasteiger partial charge < -0.3 is 5.11 Å². The first kappa shape index (κ1) is 12.3. The zero-order chi connectivity index (χ0) is 13.9. The van der Waals surface area contributed by atoms with Crippen molar-refractivity contribution >= 4 is 16.7 Å². The lowest BCUT2D eigenvalue weighted by molar-refractivity contribution is 0.0689. The van der Waals surface area contributed by atoms with E-state index in [9.17, 15) is 4.79 Å². The van der Waals surface area contributed by atoms with Gasteiger partial charge in [0.25, 0.3) is 0 Å². The van der Waals surface area contributed by atoms with Gasteiger partial charge in [-0.1, -0.05) is 42.5 Å². The Kier molecular flexibility index (Phi) is 3.13. The highest BCUT2D eigenvalue weighted by atomic mass is 16.4. The Morgan fingerprint density at radius 1 is 1.05 bits per heavy atom. The number of hydrogen-bond acceptors (Lipinski definition) is 3. The second-order valence-corrected chi connectivity index (χ2v) is 4.52. The van der Waals surface area contributed by atoms with E-state index in [4.69, 9.17) is 5.11 Å². The maximum Gasteiger partial charge on any atom is 0.354 e. The van der Waals surface area contributed by atoms with Crippen molar-refractivity contribution in [3.8, 4) is 0 Å². The van der Waals surface area contributed by atoms with Gasteiger partial charge in [0, 0.05) is 18.2 Å². The average molecular weight is 264 g/mol. The Morgan fingerprint density at radius 3 is 2.70 bits per heavy atom. The number of aromatic carboxylic acids is 1. The molecule has 0 fully saturated rings. The number of carbonyl (C=O) groups is 1. The molecule has 0 spiro atoms. The summed E-state index contributed by atoms with van der Waals surface area (Å²) in [6, 6.07) is 14.1. The molecule has 98 valence electrons. The lowest BCUT2D eigenvalue weighted by Gasteiger charge is -2.08. The Bertz CT molecular complexity index is 779. The van der Waals surface area contributed by atoms with E-state index in [1.165, 1.54) is 6.33 Å². The predicted octanol–water partition coefficient (Wildman–Crippen LogP) is 2.92. The van der Waals surface area contributed by atoms with Crippen molar-refractivity contribution in [3.63, 3.8) is 0 Å². The first-order chi connectivity index (χ1) is 9.75. The number of hydrogen-bond donors (Lipinski definition) is 1. The summed E-state index contributed by atoms with van der Waals surface area (Å²) in [6.07, 6.45) is 3.33. The van der Waals surface area contributed by atoms with Crippen LogP contribution in [0.1, 0.15) is 21.6 Å². The number of nitrogens with zero attached hydrogens (tertiary/aromatic N) is 2. The van der Waals surface area contributed by atoms with Crippen LogP contribution in [0, 0.1) is 0 Å². The topological polar surface area (TPSA) is 63.1 Å². The summed E-state index contributed by atoms with van der Waals surface area (Å²) in [4.78, 5) is 19.0. The summed E-state index contributed by atoms with van der Waals surface area (Å²) in [5.41, 5.74) is 1.75. The normalized spacial score (nSPS) is 10.6. The Morgan fingerprint density at radius 2 is 1.85 bits per heavy atom. The molecule has 0 radical (unpaired) electrons. The molecule has 20 heavy (non-hydrogen) atoms. The van der Waals surface area contributed by atoms with Crippen LogP contribution < -0.4 is 0 Å². The second kappa shape index (κ2) is 5.09. The summed E-state index contributed by atoms with van der Waals surface area (Å²) in [6.45, 7) is 0. The Hall–Kier alpha value is -2.75. The van der Waals surface area contributed by atoms with E-state index in [-0.39, 0.29) is 5.69 Å². The van der Waals surface area contributed by atoms with Crippen LogP contribution in [0.5, 0.6) is 0 Å². The van der Waals surface area contributed by atoms with Gasteiger partial charge in [-0.3, -0.25) is 0 Å². The SMILES string of the molecule is O=C(O)c1ncncc1Cc1cccc2ccccc12. The third-order valence-corrected chi connectivity index (χ3v) is 3.25. The smallest absolute Gasteiger partial charge is 0.354 e. The molecule has 0 saturated carbocycles. The molecule has 0 amide bonds. The van der Waals surface area contributed by atoms with Crippen LogP contribution in [0.15, 0.2) is 55.0 Å². The third kappa shape index (κ3) is 2.23. The minimum atomic E-state index is -1.03. The maximum atomic E-state index is 11.2. The van der Waals surface area contributed by atoms with Gasteiger partial charge in [-0.2, -0.15) is 0 Å². The fourth-order valence-corrected chi connectivity index (χ4v) is 2.33. The predicted molar refractivity (Wildman–Crippen MR) is 75.7 cm³/mol. The number of fused-ring (bicyclic) bond motifs is 1. The first-order valence-electron chi connectivity index (χ1n) is 6.24. The monoisotopic (exact) mass is 264 g/mol. The van der Waals surface area contributed by atoms with Crippen molar-refractivity contribution in [1.29, 1.82) is 0 Å². The molecule has 4 nitrogen and oxygen atoms in total. The van der Waals surface area contributed by atoms with Crippen molar-refractivity contribution in [2.75, 3.05) is 0 Å². The minimum absolute atomic E-state index is 0.0629. The molecule has 0 bridgehead atoms. The summed E-state index contributed by atoms with van der Waals surface area (Å²) in [7, 11) is 0. The van der Waals surface area contributed by atoms with Crippen molar-refractivity contribution in [2.45, 2.75) is 6.42 Å². The molecule has 1 aromatic heterocycles. The van der Waals surface area contributed by atoms with Crippen LogP contribution in [0.25, 0.3) is 10.8 Å². The molecule has 0 unspecified atom stereocenters. The van der Waals surface area contributed by atoms with Gasteiger partial charge in [0.15, 0.2) is 5.69 Å². The molecule has 0 aliphatic carbocycles. The number of carboxylic acid groups (broad SMARTS) is 1. The Balaban J connectivity index is 2.08. The molecule has 3 rings (SSSR count). The fourth-order valence-electron chi connectivity index (χ4n) is 2.33. The number of benzene rings is 2. The van der Waals surface area contributed by atoms with Crippen LogP contribution in [-0.4, -0.2) is 21.0 Å². The van der Waals surface area contributed by atoms with E-state index < -0.39 is 5.97 Å². The fraction of sp³-hybridized carbons (Fsp3) is 0.0625. The maximum absolute atomic E-state index is 11.2. The van der Waals surface area contributed by atoms with Crippen LogP contribution >= 0.6 is 0 Å². The Labute approximate surface area is 115 Å². The van der Waals surface area contributed by atoms with Gasteiger partial charge in [0.1, 0.15) is 6.33 Å². The molecule has 1 N–H and O–H groups in total. The molecule has 0 aliphatic rings. The molecule has 2 aromatic carbocycles. The van der Waals surface area contributed by atoms with Gasteiger partial charge in [-0.05, 0) is 16.3 Å². The highest BCUT2D eigenvalue weighted by Crippen LogP contribution is 2.21. The second-order valence-electron chi connectivity index (χ2n) is 4.52. The van der Waals surface area contributed by atoms with Crippen molar-refractivity contribution in [2.24, 2.45) is 0 Å². The van der Waals surface area contributed by atoms with Gasteiger partial charge >= 0.3 is 5.97 Å². The van der Waals surface area contributed by atoms with Gasteiger partial charge in [0.05, 0.1) is 0 Å². The minimum Gasteiger partial charge on any atom is -0.477 e. The molecular formula is C16H12N2O2. The third-order valence-electron chi connectivity index (χ3n) is 3.25. The number of rotatable bonds is 3. The molecule has 1 heterocycles. The summed E-state index contributed by atoms with van der Waals surface area (Å²) in [5, 5.41) is 11.4. The van der Waals surface area contributed by atoms with E-state index in [1.807, 2.05) is 42.5 Å². The van der Waals surface area contributed by atoms with Crippen molar-refractivity contribution in [1.82, 2.24) is 9.97 Å². The summed E-state index contributed by atoms with van der Waals surface area (Å²) in [5.74, 6) is -1.03. The largest absolute Gasteiger partial charge is 0.477 e. The van der Waals surface area contributed by atoms with E-state index in [0.29, 0.717) is 12.0 Å². The zero-order valence-electron chi connectivity index (χ0n) is 10.7. The standard InChI is InChI=1S/C16H12N2O2/c19-16(20)15-13(9-17-10-18-15)8-12-6-3-5-11-4-1-2-7-14(11)12/h1-7,9-10H,8H2,(H,19,20). The molecule has 4 heteroatoms. The van der Waals surface area contributed by atoms with E-state index in [1.54, 1.807) is 6.20 Å². The highest BCUT2D eigenvalue weighted by molar-refractivity contribution is 5.88. The van der Waals surface area contributed by atoms with Gasteiger partial charge in [-0.15, -0.1) is 0 Å². The van der Waals surface area contributed by atoms with Crippen LogP contribution in [0.3, 0.4) is 0 Å². The van der Waals surface area contributed by atoms with Crippen LogP contribution in [-0.2, 0) is 6.42 Å². The molecule has 0 atom stereocenters. The summed E-state index contributed by atoms with van der Waals surface area (Å²) < 4.78 is 0. The van der Waals surface area contributed by atoms with E-state index in [0.717, 1.165) is 16.3 Å². The zero-order valence-corrected chi connectivity index (χ0v) is 10.7. The number of aromatic nitrogens is 2. The van der Waals surface area contributed by atoms with E-state index >= 15 is 0 Å².